The first-order chi connectivity index (χ1) is 14.9. The Morgan fingerprint density at radius 1 is 0.710 bits per heavy atom. The van der Waals surface area contributed by atoms with Crippen LogP contribution in [0.1, 0.15) is 70.9 Å². The molecule has 0 amide bonds. The smallest absolute Gasteiger partial charge is 0.0263 e. The summed E-state index contributed by atoms with van der Waals surface area (Å²) in [4.78, 5) is 0. The van der Waals surface area contributed by atoms with Gasteiger partial charge in [0, 0.05) is 0 Å². The van der Waals surface area contributed by atoms with Gasteiger partial charge >= 0.3 is 0 Å². The van der Waals surface area contributed by atoms with Crippen LogP contribution < -0.4 is 0 Å². The van der Waals surface area contributed by atoms with Gasteiger partial charge in [0.15, 0.2) is 0 Å². The summed E-state index contributed by atoms with van der Waals surface area (Å²) < 4.78 is 0. The minimum atomic E-state index is 1.12. The van der Waals surface area contributed by atoms with Gasteiger partial charge in [0.25, 0.3) is 0 Å². The zero-order valence-electron chi connectivity index (χ0n) is 20.2. The fourth-order valence-corrected chi connectivity index (χ4v) is 2.57. The van der Waals surface area contributed by atoms with E-state index in [0.717, 1.165) is 19.3 Å². The highest BCUT2D eigenvalue weighted by atomic mass is 14.0. The van der Waals surface area contributed by atoms with Gasteiger partial charge in [0.05, 0.1) is 0 Å². The summed E-state index contributed by atoms with van der Waals surface area (Å²) in [7, 11) is 0. The van der Waals surface area contributed by atoms with Crippen LogP contribution in [0.2, 0.25) is 0 Å². The normalized spacial score (nSPS) is 9.87. The Morgan fingerprint density at radius 3 is 1.52 bits per heavy atom. The molecule has 0 atom stereocenters. The molecule has 0 radical (unpaired) electrons. The van der Waals surface area contributed by atoms with Gasteiger partial charge in [0.1, 0.15) is 0 Å². The molecule has 0 saturated heterocycles. The zero-order valence-corrected chi connectivity index (χ0v) is 20.2. The monoisotopic (exact) mass is 414 g/mol. The van der Waals surface area contributed by atoms with E-state index in [1.165, 1.54) is 40.7 Å². The van der Waals surface area contributed by atoms with E-state index in [1.54, 1.807) is 0 Å². The number of benzene rings is 2. The summed E-state index contributed by atoms with van der Waals surface area (Å²) in [5, 5.41) is 0. The van der Waals surface area contributed by atoms with Crippen LogP contribution in [0.3, 0.4) is 0 Å². The van der Waals surface area contributed by atoms with E-state index in [9.17, 15) is 0 Å². The van der Waals surface area contributed by atoms with Crippen molar-refractivity contribution >= 4 is 12.2 Å². The van der Waals surface area contributed by atoms with Crippen molar-refractivity contribution in [1.29, 1.82) is 0 Å². The highest BCUT2D eigenvalue weighted by Gasteiger charge is 1.91. The highest BCUT2D eigenvalue weighted by molar-refractivity contribution is 5.46. The molecule has 0 fully saturated rings. The maximum Gasteiger partial charge on any atom is -0.0263 e. The van der Waals surface area contributed by atoms with E-state index in [1.807, 2.05) is 72.8 Å². The maximum absolute atomic E-state index is 4.02. The van der Waals surface area contributed by atoms with E-state index < -0.39 is 0 Å². The molecular weight excluding hydrogens is 372 g/mol. The Kier molecular flexibility index (Phi) is 17.4. The van der Waals surface area contributed by atoms with Crippen molar-refractivity contribution in [3.05, 3.63) is 120 Å². The Hall–Kier alpha value is -2.86. The highest BCUT2D eigenvalue weighted by Crippen LogP contribution is 2.12. The van der Waals surface area contributed by atoms with Crippen LogP contribution in [0, 0.1) is 0 Å². The lowest BCUT2D eigenvalue weighted by Crippen LogP contribution is -1.81. The molecule has 0 spiro atoms. The predicted molar refractivity (Wildman–Crippen MR) is 144 cm³/mol. The minimum absolute atomic E-state index is 1.12. The molecular formula is C31H42. The van der Waals surface area contributed by atoms with Gasteiger partial charge in [0.2, 0.25) is 0 Å². The molecule has 0 aliphatic heterocycles. The average Bonchev–Trinajstić information content (AvgIpc) is 2.80. The molecule has 31 heavy (non-hydrogen) atoms. The number of rotatable bonds is 9. The quantitative estimate of drug-likeness (QED) is 0.358. The third-order valence-corrected chi connectivity index (χ3v) is 4.65. The van der Waals surface area contributed by atoms with Gasteiger partial charge in [-0.3, -0.25) is 0 Å². The number of allylic oxidation sites excluding steroid dienone is 5. The molecule has 0 nitrogen and oxygen atoms in total. The van der Waals surface area contributed by atoms with Crippen LogP contribution in [0.15, 0.2) is 109 Å². The second-order valence-electron chi connectivity index (χ2n) is 7.74. The summed E-state index contributed by atoms with van der Waals surface area (Å²) in [5.74, 6) is 0. The van der Waals surface area contributed by atoms with Gasteiger partial charge in [-0.2, -0.15) is 0 Å². The number of hydrogen-bond acceptors (Lipinski definition) is 0. The van der Waals surface area contributed by atoms with Gasteiger partial charge in [-0.1, -0.05) is 128 Å². The molecule has 0 bridgehead atoms. The first kappa shape index (κ1) is 28.1. The lowest BCUT2D eigenvalue weighted by Gasteiger charge is -2.01. The lowest BCUT2D eigenvalue weighted by molar-refractivity contribution is 0.889. The standard InChI is InChI=1S/C15H26.2C8H8/c1-6-14(4)10-8-12-15(5)11-7-9-13(2)3;2*1-2-8-6-4-3-5-7-8/h9,12H,4,6-8,10-11H2,1-3,5H3;2*2-7H,1H2/b15-12+;;. The summed E-state index contributed by atoms with van der Waals surface area (Å²) >= 11 is 0. The molecule has 0 aromatic heterocycles. The van der Waals surface area contributed by atoms with Crippen LogP contribution in [-0.4, -0.2) is 0 Å². The van der Waals surface area contributed by atoms with Gasteiger partial charge in [-0.15, -0.1) is 0 Å². The Labute approximate surface area is 192 Å². The van der Waals surface area contributed by atoms with E-state index in [0.29, 0.717) is 0 Å². The SMILES string of the molecule is C=C(CC)CC/C=C(\C)CCC=C(C)C.C=Cc1ccccc1.C=Cc1ccccc1. The molecule has 0 aliphatic carbocycles. The molecule has 2 aromatic carbocycles. The van der Waals surface area contributed by atoms with E-state index in [4.69, 9.17) is 0 Å². The summed E-state index contributed by atoms with van der Waals surface area (Å²) in [6.45, 7) is 20.0. The summed E-state index contributed by atoms with van der Waals surface area (Å²) in [5.41, 5.74) is 6.64. The molecule has 2 rings (SSSR count). The van der Waals surface area contributed by atoms with Gasteiger partial charge in [-0.25, -0.2) is 0 Å². The third kappa shape index (κ3) is 17.7. The van der Waals surface area contributed by atoms with Crippen molar-refractivity contribution in [1.82, 2.24) is 0 Å². The second-order valence-corrected chi connectivity index (χ2v) is 7.74. The molecule has 166 valence electrons. The first-order valence-corrected chi connectivity index (χ1v) is 11.2. The van der Waals surface area contributed by atoms with Crippen LogP contribution in [-0.2, 0) is 0 Å². The topological polar surface area (TPSA) is 0 Å². The van der Waals surface area contributed by atoms with Crippen LogP contribution in [0.5, 0.6) is 0 Å². The van der Waals surface area contributed by atoms with Crippen molar-refractivity contribution in [2.45, 2.75) is 59.8 Å². The largest absolute Gasteiger partial charge is 0.0999 e. The zero-order chi connectivity index (χ0) is 23.3. The van der Waals surface area contributed by atoms with E-state index >= 15 is 0 Å². The Morgan fingerprint density at radius 2 is 1.16 bits per heavy atom. The number of hydrogen-bond donors (Lipinski definition) is 0. The first-order valence-electron chi connectivity index (χ1n) is 11.2. The van der Waals surface area contributed by atoms with Crippen LogP contribution in [0.25, 0.3) is 12.2 Å². The fraction of sp³-hybridized carbons (Fsp3) is 0.290. The summed E-state index contributed by atoms with van der Waals surface area (Å²) in [6.07, 6.45) is 14.1. The third-order valence-electron chi connectivity index (χ3n) is 4.65. The predicted octanol–water partition coefficient (Wildman–Crippen LogP) is 10.1. The molecule has 2 aromatic rings. The van der Waals surface area contributed by atoms with Gasteiger partial charge < -0.3 is 0 Å². The molecule has 0 aliphatic rings. The molecule has 0 heteroatoms. The second kappa shape index (κ2) is 19.1. The van der Waals surface area contributed by atoms with E-state index in [-0.39, 0.29) is 0 Å². The lowest BCUT2D eigenvalue weighted by atomic mass is 10.1. The van der Waals surface area contributed by atoms with Crippen molar-refractivity contribution in [2.24, 2.45) is 0 Å². The van der Waals surface area contributed by atoms with Crippen molar-refractivity contribution in [2.75, 3.05) is 0 Å². The molecule has 0 saturated carbocycles. The molecule has 0 unspecified atom stereocenters. The van der Waals surface area contributed by atoms with Gasteiger partial charge in [-0.05, 0) is 64.0 Å². The Bertz CT molecular complexity index is 741. The van der Waals surface area contributed by atoms with Crippen LogP contribution >= 0.6 is 0 Å². The van der Waals surface area contributed by atoms with Crippen molar-refractivity contribution in [3.63, 3.8) is 0 Å². The maximum atomic E-state index is 4.02. The molecule has 0 N–H and O–H groups in total. The Balaban J connectivity index is 0.000000471. The van der Waals surface area contributed by atoms with Crippen LogP contribution in [0.4, 0.5) is 0 Å². The molecule has 0 heterocycles. The van der Waals surface area contributed by atoms with Crippen molar-refractivity contribution in [3.8, 4) is 0 Å². The van der Waals surface area contributed by atoms with Crippen molar-refractivity contribution < 1.29 is 0 Å². The fourth-order valence-electron chi connectivity index (χ4n) is 2.57. The average molecular weight is 415 g/mol. The summed E-state index contributed by atoms with van der Waals surface area (Å²) in [6, 6.07) is 20.1. The van der Waals surface area contributed by atoms with E-state index in [2.05, 4.69) is 59.6 Å². The minimum Gasteiger partial charge on any atom is -0.0999 e.